The van der Waals surface area contributed by atoms with E-state index in [1.54, 1.807) is 0 Å². The highest BCUT2D eigenvalue weighted by atomic mass is 16.2. The van der Waals surface area contributed by atoms with Gasteiger partial charge in [-0.1, -0.05) is 47.7 Å². The van der Waals surface area contributed by atoms with E-state index in [1.807, 2.05) is 28.8 Å². The molecule has 0 spiro atoms. The van der Waals surface area contributed by atoms with Crippen LogP contribution in [0.4, 0.5) is 11.4 Å². The number of para-hydroxylation sites is 2. The summed E-state index contributed by atoms with van der Waals surface area (Å²) in [6.45, 7) is 2.41. The third-order valence-corrected chi connectivity index (χ3v) is 6.13. The Morgan fingerprint density at radius 2 is 1.79 bits per heavy atom. The molecule has 5 rings (SSSR count). The van der Waals surface area contributed by atoms with Crippen molar-refractivity contribution in [2.75, 3.05) is 22.9 Å². The van der Waals surface area contributed by atoms with Crippen molar-refractivity contribution in [3.8, 4) is 0 Å². The fourth-order valence-corrected chi connectivity index (χ4v) is 4.56. The van der Waals surface area contributed by atoms with Crippen molar-refractivity contribution < 1.29 is 4.79 Å². The lowest BCUT2D eigenvalue weighted by Gasteiger charge is -2.39. The quantitative estimate of drug-likeness (QED) is 0.693. The number of carbonyl (C=O) groups is 1. The third-order valence-electron chi connectivity index (χ3n) is 6.13. The topological polar surface area (TPSA) is 54.3 Å². The van der Waals surface area contributed by atoms with Gasteiger partial charge in [0.1, 0.15) is 0 Å². The maximum absolute atomic E-state index is 13.5. The van der Waals surface area contributed by atoms with Crippen LogP contribution in [0.5, 0.6) is 0 Å². The Bertz CT molecular complexity index is 1030. The van der Waals surface area contributed by atoms with E-state index in [4.69, 9.17) is 0 Å². The second-order valence-corrected chi connectivity index (χ2v) is 7.93. The summed E-state index contributed by atoms with van der Waals surface area (Å²) >= 11 is 0. The fraction of sp³-hybridized carbons (Fsp3) is 0.348. The molecule has 29 heavy (non-hydrogen) atoms. The summed E-state index contributed by atoms with van der Waals surface area (Å²) in [5, 5.41) is 8.36. The van der Waals surface area contributed by atoms with Crippen molar-refractivity contribution in [3.63, 3.8) is 0 Å². The zero-order valence-electron chi connectivity index (χ0n) is 16.7. The van der Waals surface area contributed by atoms with Crippen molar-refractivity contribution >= 4 is 17.3 Å². The first-order chi connectivity index (χ1) is 14.2. The van der Waals surface area contributed by atoms with Crippen molar-refractivity contribution in [2.45, 2.75) is 25.8 Å². The molecule has 1 aliphatic carbocycles. The van der Waals surface area contributed by atoms with Gasteiger partial charge in [0.2, 0.25) is 5.91 Å². The van der Waals surface area contributed by atoms with Gasteiger partial charge in [0.15, 0.2) is 0 Å². The minimum absolute atomic E-state index is 0.00608. The van der Waals surface area contributed by atoms with E-state index < -0.39 is 0 Å². The molecule has 6 heteroatoms. The van der Waals surface area contributed by atoms with E-state index >= 15 is 0 Å². The molecule has 0 radical (unpaired) electrons. The Kier molecular flexibility index (Phi) is 4.54. The van der Waals surface area contributed by atoms with Crippen LogP contribution in [0, 0.1) is 5.92 Å². The van der Waals surface area contributed by atoms with Gasteiger partial charge in [-0.15, -0.1) is 5.10 Å². The number of amides is 1. The molecule has 1 aliphatic heterocycles. The zero-order valence-corrected chi connectivity index (χ0v) is 16.7. The second kappa shape index (κ2) is 7.35. The molecule has 0 saturated carbocycles. The van der Waals surface area contributed by atoms with Gasteiger partial charge < -0.3 is 9.80 Å². The van der Waals surface area contributed by atoms with E-state index in [2.05, 4.69) is 57.7 Å². The van der Waals surface area contributed by atoms with Crippen molar-refractivity contribution in [3.05, 3.63) is 71.5 Å². The third kappa shape index (κ3) is 3.28. The van der Waals surface area contributed by atoms with E-state index in [0.29, 0.717) is 0 Å². The average Bonchev–Trinajstić information content (AvgIpc) is 3.14. The van der Waals surface area contributed by atoms with Crippen LogP contribution in [0.1, 0.15) is 23.4 Å². The molecule has 0 fully saturated rings. The van der Waals surface area contributed by atoms with E-state index in [9.17, 15) is 4.79 Å². The van der Waals surface area contributed by atoms with Gasteiger partial charge in [-0.3, -0.25) is 9.48 Å². The molecule has 2 aliphatic rings. The maximum Gasteiger partial charge on any atom is 0.230 e. The van der Waals surface area contributed by atoms with Crippen LogP contribution < -0.4 is 9.80 Å². The molecule has 0 saturated heterocycles. The molecule has 2 aromatic carbocycles. The highest BCUT2D eigenvalue weighted by Crippen LogP contribution is 2.36. The summed E-state index contributed by atoms with van der Waals surface area (Å²) in [5.74, 6) is 0.220. The minimum Gasteiger partial charge on any atom is -0.364 e. The molecular weight excluding hydrogens is 362 g/mol. The second-order valence-electron chi connectivity index (χ2n) is 7.93. The Labute approximate surface area is 170 Å². The highest BCUT2D eigenvalue weighted by Gasteiger charge is 2.34. The van der Waals surface area contributed by atoms with Gasteiger partial charge >= 0.3 is 0 Å². The molecule has 0 bridgehead atoms. The average molecular weight is 387 g/mol. The van der Waals surface area contributed by atoms with E-state index in [0.717, 1.165) is 61.7 Å². The van der Waals surface area contributed by atoms with Gasteiger partial charge in [-0.05, 0) is 30.5 Å². The summed E-state index contributed by atoms with van der Waals surface area (Å²) < 4.78 is 1.82. The number of aromatic nitrogens is 3. The molecule has 1 amide bonds. The van der Waals surface area contributed by atoms with E-state index in [1.165, 1.54) is 5.56 Å². The summed E-state index contributed by atoms with van der Waals surface area (Å²) in [6, 6.07) is 18.8. The summed E-state index contributed by atoms with van der Waals surface area (Å²) in [5.41, 5.74) is 5.59. The van der Waals surface area contributed by atoms with Crippen LogP contribution >= 0.6 is 0 Å². The van der Waals surface area contributed by atoms with Crippen molar-refractivity contribution in [1.29, 1.82) is 0 Å². The standard InChI is InChI=1S/C23H25N5O/c1-26-22-15-18(11-12-19(22)24-25-26)23(29)28-14-13-27(16-17-7-3-2-4-8-17)20-9-5-6-10-21(20)28/h2-10,18H,11-16H2,1H3/t18-/m0/s1. The Hall–Kier alpha value is -3.15. The molecular formula is C23H25N5O. The molecule has 3 aromatic rings. The molecule has 2 heterocycles. The van der Waals surface area contributed by atoms with Crippen LogP contribution in [0.2, 0.25) is 0 Å². The first-order valence-corrected chi connectivity index (χ1v) is 10.3. The van der Waals surface area contributed by atoms with Crippen LogP contribution in [0.15, 0.2) is 54.6 Å². The van der Waals surface area contributed by atoms with Crippen molar-refractivity contribution in [1.82, 2.24) is 15.0 Å². The van der Waals surface area contributed by atoms with Crippen molar-refractivity contribution in [2.24, 2.45) is 13.0 Å². The molecule has 0 N–H and O–H groups in total. The Morgan fingerprint density at radius 3 is 2.62 bits per heavy atom. The predicted octanol–water partition coefficient (Wildman–Crippen LogP) is 2.97. The molecule has 1 atom stereocenters. The van der Waals surface area contributed by atoms with Gasteiger partial charge in [0.05, 0.1) is 22.8 Å². The van der Waals surface area contributed by atoms with Gasteiger partial charge in [-0.25, -0.2) is 0 Å². The largest absolute Gasteiger partial charge is 0.364 e. The predicted molar refractivity (Wildman–Crippen MR) is 113 cm³/mol. The Balaban J connectivity index is 1.39. The fourth-order valence-electron chi connectivity index (χ4n) is 4.56. The normalized spacial score (nSPS) is 18.3. The number of hydrogen-bond donors (Lipinski definition) is 0. The van der Waals surface area contributed by atoms with Crippen LogP contribution in [0.25, 0.3) is 0 Å². The SMILES string of the molecule is Cn1nnc2c1C[C@@H](C(=O)N1CCN(Cc3ccccc3)c3ccccc31)CC2. The van der Waals surface area contributed by atoms with E-state index in [-0.39, 0.29) is 11.8 Å². The number of carbonyl (C=O) groups excluding carboxylic acids is 1. The van der Waals surface area contributed by atoms with Crippen LogP contribution in [-0.4, -0.2) is 34.0 Å². The maximum atomic E-state index is 13.5. The first kappa shape index (κ1) is 17.9. The van der Waals surface area contributed by atoms with Crippen LogP contribution in [-0.2, 0) is 31.2 Å². The summed E-state index contributed by atoms with van der Waals surface area (Å²) in [4.78, 5) is 17.9. The lowest BCUT2D eigenvalue weighted by Crippen LogP contribution is -2.47. The molecule has 148 valence electrons. The number of aryl methyl sites for hydroxylation is 2. The molecule has 1 aromatic heterocycles. The van der Waals surface area contributed by atoms with Gasteiger partial charge in [0, 0.05) is 39.0 Å². The number of nitrogens with zero attached hydrogens (tertiary/aromatic N) is 5. The first-order valence-electron chi connectivity index (χ1n) is 10.3. The van der Waals surface area contributed by atoms with Gasteiger partial charge in [0.25, 0.3) is 0 Å². The van der Waals surface area contributed by atoms with Gasteiger partial charge in [-0.2, -0.15) is 0 Å². The Morgan fingerprint density at radius 1 is 1.03 bits per heavy atom. The summed E-state index contributed by atoms with van der Waals surface area (Å²) in [7, 11) is 1.91. The number of anilines is 2. The molecule has 6 nitrogen and oxygen atoms in total. The smallest absolute Gasteiger partial charge is 0.230 e. The number of benzene rings is 2. The number of fused-ring (bicyclic) bond motifs is 2. The number of rotatable bonds is 3. The lowest BCUT2D eigenvalue weighted by molar-refractivity contribution is -0.122. The highest BCUT2D eigenvalue weighted by molar-refractivity contribution is 5.99. The summed E-state index contributed by atoms with van der Waals surface area (Å²) in [6.07, 6.45) is 2.40. The minimum atomic E-state index is -0.00608. The lowest BCUT2D eigenvalue weighted by atomic mass is 9.88. The number of hydrogen-bond acceptors (Lipinski definition) is 4. The monoisotopic (exact) mass is 387 g/mol. The molecule has 0 unspecified atom stereocenters. The van der Waals surface area contributed by atoms with Crippen LogP contribution in [0.3, 0.4) is 0 Å². The zero-order chi connectivity index (χ0) is 19.8.